The first-order valence-electron chi connectivity index (χ1n) is 6.73. The van der Waals surface area contributed by atoms with E-state index in [1.54, 1.807) is 0 Å². The van der Waals surface area contributed by atoms with Crippen LogP contribution in [-0.2, 0) is 18.9 Å². The summed E-state index contributed by atoms with van der Waals surface area (Å²) in [6, 6.07) is 0. The summed E-state index contributed by atoms with van der Waals surface area (Å²) in [4.78, 5) is 11.3. The Labute approximate surface area is 114 Å². The molecule has 0 bridgehead atoms. The second-order valence-corrected chi connectivity index (χ2v) is 7.11. The predicted molar refractivity (Wildman–Crippen MR) is 69.0 cm³/mol. The van der Waals surface area contributed by atoms with Crippen LogP contribution in [-0.4, -0.2) is 41.8 Å². The van der Waals surface area contributed by atoms with E-state index in [0.29, 0.717) is 6.42 Å². The molecule has 2 fully saturated rings. The van der Waals surface area contributed by atoms with Crippen molar-refractivity contribution in [3.05, 3.63) is 0 Å². The maximum absolute atomic E-state index is 11.3. The molecule has 0 amide bonds. The zero-order chi connectivity index (χ0) is 14.5. The molecule has 19 heavy (non-hydrogen) atoms. The van der Waals surface area contributed by atoms with Crippen LogP contribution in [0.4, 0.5) is 4.79 Å². The summed E-state index contributed by atoms with van der Waals surface area (Å²) in [5, 5.41) is 0. The number of hydrogen-bond donors (Lipinski definition) is 0. The summed E-state index contributed by atoms with van der Waals surface area (Å²) in [6.07, 6.45) is -0.409. The normalized spacial score (nSPS) is 38.1. The number of cyclic esters (lactones) is 1. The molecule has 0 aromatic rings. The Morgan fingerprint density at radius 3 is 2.47 bits per heavy atom. The highest BCUT2D eigenvalue weighted by molar-refractivity contribution is 5.61. The molecule has 2 rings (SSSR count). The Bertz CT molecular complexity index is 371. The molecular formula is C14H24O5. The fourth-order valence-electron chi connectivity index (χ4n) is 2.60. The van der Waals surface area contributed by atoms with Crippen molar-refractivity contribution in [2.45, 2.75) is 77.0 Å². The standard InChI is InChI=1S/C14H24O5/c1-12(2,3)17-9-7-14(6)10(18-13(9,4)5)8-16-11(15)19-14/h9-10H,7-8H2,1-6H3/t9-,10-,14-/m1/s1. The number of carbonyl (C=O) groups is 1. The Hall–Kier alpha value is -0.810. The van der Waals surface area contributed by atoms with Gasteiger partial charge in [-0.05, 0) is 41.5 Å². The Balaban J connectivity index is 2.19. The van der Waals surface area contributed by atoms with E-state index in [4.69, 9.17) is 18.9 Å². The van der Waals surface area contributed by atoms with Gasteiger partial charge >= 0.3 is 6.16 Å². The summed E-state index contributed by atoms with van der Waals surface area (Å²) in [5.74, 6) is 0. The van der Waals surface area contributed by atoms with Crippen LogP contribution in [0.2, 0.25) is 0 Å². The average molecular weight is 272 g/mol. The van der Waals surface area contributed by atoms with E-state index in [-0.39, 0.29) is 24.4 Å². The van der Waals surface area contributed by atoms with Crippen molar-refractivity contribution in [1.82, 2.24) is 0 Å². The van der Waals surface area contributed by atoms with Crippen LogP contribution < -0.4 is 0 Å². The molecule has 0 unspecified atom stereocenters. The van der Waals surface area contributed by atoms with Crippen molar-refractivity contribution < 1.29 is 23.7 Å². The van der Waals surface area contributed by atoms with Crippen molar-refractivity contribution >= 4 is 6.16 Å². The Morgan fingerprint density at radius 1 is 1.26 bits per heavy atom. The van der Waals surface area contributed by atoms with E-state index in [2.05, 4.69) is 0 Å². The maximum Gasteiger partial charge on any atom is 0.509 e. The quantitative estimate of drug-likeness (QED) is 0.687. The minimum atomic E-state index is -0.680. The van der Waals surface area contributed by atoms with Crippen molar-refractivity contribution in [2.75, 3.05) is 6.61 Å². The topological polar surface area (TPSA) is 54.0 Å². The van der Waals surface area contributed by atoms with Gasteiger partial charge in [0.05, 0.1) is 17.3 Å². The minimum absolute atomic E-state index is 0.139. The minimum Gasteiger partial charge on any atom is -0.431 e. The number of carbonyl (C=O) groups excluding carboxylic acids is 1. The second-order valence-electron chi connectivity index (χ2n) is 7.11. The number of hydrogen-bond acceptors (Lipinski definition) is 5. The molecule has 2 aliphatic rings. The van der Waals surface area contributed by atoms with Gasteiger partial charge in [0.25, 0.3) is 0 Å². The van der Waals surface area contributed by atoms with Crippen LogP contribution >= 0.6 is 0 Å². The molecule has 0 aliphatic carbocycles. The van der Waals surface area contributed by atoms with E-state index >= 15 is 0 Å². The molecule has 0 radical (unpaired) electrons. The second kappa shape index (κ2) is 4.35. The number of ether oxygens (including phenoxy) is 4. The third-order valence-corrected chi connectivity index (χ3v) is 3.66. The first-order valence-corrected chi connectivity index (χ1v) is 6.73. The number of fused-ring (bicyclic) bond motifs is 1. The summed E-state index contributed by atoms with van der Waals surface area (Å²) < 4.78 is 22.4. The Morgan fingerprint density at radius 2 is 1.89 bits per heavy atom. The average Bonchev–Trinajstić information content (AvgIpc) is 2.18. The predicted octanol–water partition coefficient (Wildman–Crippen LogP) is 2.66. The van der Waals surface area contributed by atoms with Gasteiger partial charge in [-0.2, -0.15) is 0 Å². The first-order chi connectivity index (χ1) is 8.52. The van der Waals surface area contributed by atoms with Gasteiger partial charge in [0.1, 0.15) is 18.3 Å². The van der Waals surface area contributed by atoms with Gasteiger partial charge in [-0.15, -0.1) is 0 Å². The Kier molecular flexibility index (Phi) is 3.34. The van der Waals surface area contributed by atoms with Crippen LogP contribution in [0.25, 0.3) is 0 Å². The lowest BCUT2D eigenvalue weighted by Gasteiger charge is -2.52. The molecule has 0 N–H and O–H groups in total. The molecule has 0 saturated carbocycles. The molecule has 2 heterocycles. The van der Waals surface area contributed by atoms with Gasteiger partial charge in [-0.3, -0.25) is 0 Å². The van der Waals surface area contributed by atoms with Crippen molar-refractivity contribution in [1.29, 1.82) is 0 Å². The van der Waals surface area contributed by atoms with Gasteiger partial charge in [-0.25, -0.2) is 4.79 Å². The molecule has 0 spiro atoms. The lowest BCUT2D eigenvalue weighted by Crippen LogP contribution is -2.64. The van der Waals surface area contributed by atoms with Gasteiger partial charge in [0.15, 0.2) is 0 Å². The number of rotatable bonds is 1. The highest BCUT2D eigenvalue weighted by Gasteiger charge is 2.55. The largest absolute Gasteiger partial charge is 0.509 e. The fourth-order valence-corrected chi connectivity index (χ4v) is 2.60. The maximum atomic E-state index is 11.3. The van der Waals surface area contributed by atoms with Gasteiger partial charge in [0, 0.05) is 6.42 Å². The molecule has 0 aromatic carbocycles. The monoisotopic (exact) mass is 272 g/mol. The van der Waals surface area contributed by atoms with Gasteiger partial charge < -0.3 is 18.9 Å². The third kappa shape index (κ3) is 3.03. The van der Waals surface area contributed by atoms with Crippen LogP contribution in [0.1, 0.15) is 48.0 Å². The molecule has 5 heteroatoms. The fraction of sp³-hybridized carbons (Fsp3) is 0.929. The molecule has 5 nitrogen and oxygen atoms in total. The van der Waals surface area contributed by atoms with Crippen molar-refractivity contribution in [3.63, 3.8) is 0 Å². The van der Waals surface area contributed by atoms with Crippen molar-refractivity contribution in [3.8, 4) is 0 Å². The zero-order valence-corrected chi connectivity index (χ0v) is 12.6. The molecule has 2 aliphatic heterocycles. The summed E-state index contributed by atoms with van der Waals surface area (Å²) in [7, 11) is 0. The van der Waals surface area contributed by atoms with E-state index < -0.39 is 17.4 Å². The smallest absolute Gasteiger partial charge is 0.431 e. The van der Waals surface area contributed by atoms with Crippen molar-refractivity contribution in [2.24, 2.45) is 0 Å². The van der Waals surface area contributed by atoms with E-state index in [0.717, 1.165) is 0 Å². The van der Waals surface area contributed by atoms with Crippen LogP contribution in [0.15, 0.2) is 0 Å². The summed E-state index contributed by atoms with van der Waals surface area (Å²) in [5.41, 5.74) is -1.39. The molecular weight excluding hydrogens is 248 g/mol. The van der Waals surface area contributed by atoms with E-state index in [1.807, 2.05) is 41.5 Å². The van der Waals surface area contributed by atoms with E-state index in [1.165, 1.54) is 0 Å². The third-order valence-electron chi connectivity index (χ3n) is 3.66. The lowest BCUT2D eigenvalue weighted by molar-refractivity contribution is -0.293. The molecule has 110 valence electrons. The SMILES string of the molecule is CC(C)(C)O[C@@H]1C[C@@]2(C)OC(=O)OC[C@H]2OC1(C)C. The van der Waals surface area contributed by atoms with Crippen LogP contribution in [0.3, 0.4) is 0 Å². The van der Waals surface area contributed by atoms with Crippen LogP contribution in [0, 0.1) is 0 Å². The molecule has 3 atom stereocenters. The zero-order valence-electron chi connectivity index (χ0n) is 12.6. The summed E-state index contributed by atoms with van der Waals surface area (Å²) >= 11 is 0. The van der Waals surface area contributed by atoms with Crippen LogP contribution in [0.5, 0.6) is 0 Å². The molecule has 0 aromatic heterocycles. The first kappa shape index (κ1) is 14.6. The highest BCUT2D eigenvalue weighted by atomic mass is 16.8. The lowest BCUT2D eigenvalue weighted by atomic mass is 9.81. The highest BCUT2D eigenvalue weighted by Crippen LogP contribution is 2.42. The van der Waals surface area contributed by atoms with Gasteiger partial charge in [-0.1, -0.05) is 0 Å². The van der Waals surface area contributed by atoms with Gasteiger partial charge in [0.2, 0.25) is 0 Å². The molecule has 2 saturated heterocycles. The van der Waals surface area contributed by atoms with E-state index in [9.17, 15) is 4.79 Å². The summed E-state index contributed by atoms with van der Waals surface area (Å²) in [6.45, 7) is 12.1.